The summed E-state index contributed by atoms with van der Waals surface area (Å²) in [5.41, 5.74) is 2.27. The third-order valence-electron chi connectivity index (χ3n) is 4.33. The normalized spacial score (nSPS) is 19.3. The van der Waals surface area contributed by atoms with Gasteiger partial charge >= 0.3 is 0 Å². The zero-order chi connectivity index (χ0) is 15.2. The van der Waals surface area contributed by atoms with E-state index in [2.05, 4.69) is 37.6 Å². The largest absolute Gasteiger partial charge is 0.317 e. The Hall–Kier alpha value is -1.79. The lowest BCUT2D eigenvalue weighted by molar-refractivity contribution is 0.158. The average Bonchev–Trinajstić information content (AvgIpc) is 2.79. The van der Waals surface area contributed by atoms with Crippen LogP contribution in [0.3, 0.4) is 0 Å². The Labute approximate surface area is 131 Å². The summed E-state index contributed by atoms with van der Waals surface area (Å²) >= 11 is 0. The molecule has 1 atom stereocenters. The third kappa shape index (κ3) is 3.90. The molecule has 118 valence electrons. The molecular weight excluding hydrogens is 276 g/mol. The fourth-order valence-corrected chi connectivity index (χ4v) is 3.04. The zero-order valence-electron chi connectivity index (χ0n) is 13.1. The van der Waals surface area contributed by atoms with Crippen molar-refractivity contribution in [3.63, 3.8) is 0 Å². The van der Waals surface area contributed by atoms with Gasteiger partial charge in [0, 0.05) is 32.4 Å². The lowest BCUT2D eigenvalue weighted by Crippen LogP contribution is -2.35. The molecule has 6 nitrogen and oxygen atoms in total. The monoisotopic (exact) mass is 300 g/mol. The van der Waals surface area contributed by atoms with Crippen LogP contribution < -0.4 is 5.32 Å². The number of hydrogen-bond donors (Lipinski definition) is 1. The van der Waals surface area contributed by atoms with E-state index in [4.69, 9.17) is 0 Å². The lowest BCUT2D eigenvalue weighted by Gasteiger charge is -2.30. The van der Waals surface area contributed by atoms with Crippen molar-refractivity contribution in [2.45, 2.75) is 38.4 Å². The van der Waals surface area contributed by atoms with Gasteiger partial charge in [0.2, 0.25) is 0 Å². The molecule has 0 radical (unpaired) electrons. The predicted octanol–water partition coefficient (Wildman–Crippen LogP) is 1.35. The van der Waals surface area contributed by atoms with Crippen molar-refractivity contribution < 1.29 is 0 Å². The molecule has 0 aliphatic carbocycles. The molecule has 0 saturated carbocycles. The fourth-order valence-electron chi connectivity index (χ4n) is 3.04. The molecule has 1 fully saturated rings. The molecule has 1 saturated heterocycles. The number of rotatable bonds is 5. The van der Waals surface area contributed by atoms with Crippen LogP contribution in [0.5, 0.6) is 0 Å². The maximum Gasteiger partial charge on any atom is 0.0738 e. The number of nitrogens with one attached hydrogen (secondary N) is 1. The Morgan fingerprint density at radius 1 is 1.27 bits per heavy atom. The van der Waals surface area contributed by atoms with Crippen LogP contribution in [0, 0.1) is 0 Å². The Morgan fingerprint density at radius 2 is 2.23 bits per heavy atom. The molecule has 0 unspecified atom stereocenters. The highest BCUT2D eigenvalue weighted by atomic mass is 15.4. The van der Waals surface area contributed by atoms with Crippen LogP contribution in [0.2, 0.25) is 0 Å². The highest BCUT2D eigenvalue weighted by Crippen LogP contribution is 2.18. The second-order valence-electron chi connectivity index (χ2n) is 5.91. The predicted molar refractivity (Wildman–Crippen MR) is 85.0 cm³/mol. The van der Waals surface area contributed by atoms with Crippen LogP contribution in [0.4, 0.5) is 0 Å². The average molecular weight is 300 g/mol. The molecule has 22 heavy (non-hydrogen) atoms. The molecule has 2 aromatic rings. The van der Waals surface area contributed by atoms with Crippen LogP contribution in [-0.4, -0.2) is 44.0 Å². The van der Waals surface area contributed by atoms with E-state index in [9.17, 15) is 0 Å². The Kier molecular flexibility index (Phi) is 5.13. The van der Waals surface area contributed by atoms with Gasteiger partial charge in [-0.1, -0.05) is 11.3 Å². The molecule has 0 spiro atoms. The number of aryl methyl sites for hydroxylation is 1. The quantitative estimate of drug-likeness (QED) is 0.903. The van der Waals surface area contributed by atoms with Gasteiger partial charge in [-0.05, 0) is 44.5 Å². The second-order valence-corrected chi connectivity index (χ2v) is 5.91. The van der Waals surface area contributed by atoms with Gasteiger partial charge in [0.1, 0.15) is 0 Å². The molecule has 3 heterocycles. The molecular formula is C16H24N6. The first kappa shape index (κ1) is 15.1. The van der Waals surface area contributed by atoms with Crippen molar-refractivity contribution in [1.82, 2.24) is 30.2 Å². The molecule has 6 heteroatoms. The van der Waals surface area contributed by atoms with E-state index in [1.165, 1.54) is 19.3 Å². The minimum atomic E-state index is 0.576. The minimum absolute atomic E-state index is 0.576. The maximum absolute atomic E-state index is 4.49. The summed E-state index contributed by atoms with van der Waals surface area (Å²) in [4.78, 5) is 7.02. The van der Waals surface area contributed by atoms with Crippen molar-refractivity contribution >= 4 is 0 Å². The van der Waals surface area contributed by atoms with Crippen LogP contribution in [0.25, 0.3) is 0 Å². The van der Waals surface area contributed by atoms with E-state index in [-0.39, 0.29) is 0 Å². The summed E-state index contributed by atoms with van der Waals surface area (Å²) in [7, 11) is 1.95. The Bertz CT molecular complexity index is 559. The van der Waals surface area contributed by atoms with Gasteiger partial charge < -0.3 is 5.32 Å². The van der Waals surface area contributed by atoms with Crippen molar-refractivity contribution in [3.8, 4) is 0 Å². The van der Waals surface area contributed by atoms with Crippen molar-refractivity contribution in [2.24, 2.45) is 7.05 Å². The van der Waals surface area contributed by atoms with E-state index in [0.29, 0.717) is 6.04 Å². The summed E-state index contributed by atoms with van der Waals surface area (Å²) in [6.45, 7) is 3.95. The number of hydrogen-bond acceptors (Lipinski definition) is 5. The van der Waals surface area contributed by atoms with Gasteiger partial charge in [-0.25, -0.2) is 0 Å². The fraction of sp³-hybridized carbons (Fsp3) is 0.562. The molecule has 2 aromatic heterocycles. The molecule has 0 amide bonds. The van der Waals surface area contributed by atoms with Crippen LogP contribution in [0.1, 0.15) is 30.7 Å². The molecule has 1 N–H and O–H groups in total. The summed E-state index contributed by atoms with van der Waals surface area (Å²) < 4.78 is 1.86. The van der Waals surface area contributed by atoms with Crippen LogP contribution >= 0.6 is 0 Å². The first-order chi connectivity index (χ1) is 10.8. The minimum Gasteiger partial charge on any atom is -0.317 e. The third-order valence-corrected chi connectivity index (χ3v) is 4.33. The van der Waals surface area contributed by atoms with E-state index in [1.54, 1.807) is 0 Å². The second kappa shape index (κ2) is 7.47. The van der Waals surface area contributed by atoms with Crippen LogP contribution in [-0.2, 0) is 20.1 Å². The van der Waals surface area contributed by atoms with Gasteiger partial charge in [-0.3, -0.25) is 14.6 Å². The lowest BCUT2D eigenvalue weighted by atomic mass is 10.1. The van der Waals surface area contributed by atoms with Gasteiger partial charge in [0.15, 0.2) is 0 Å². The molecule has 1 aliphatic heterocycles. The van der Waals surface area contributed by atoms with Crippen molar-refractivity contribution in [3.05, 3.63) is 42.0 Å². The van der Waals surface area contributed by atoms with E-state index >= 15 is 0 Å². The Balaban J connectivity index is 1.76. The molecule has 0 aromatic carbocycles. The summed E-state index contributed by atoms with van der Waals surface area (Å²) in [6.07, 6.45) is 7.37. The zero-order valence-corrected chi connectivity index (χ0v) is 13.1. The van der Waals surface area contributed by atoms with Crippen LogP contribution in [0.15, 0.2) is 30.6 Å². The summed E-state index contributed by atoms with van der Waals surface area (Å²) in [6, 6.07) is 6.70. The van der Waals surface area contributed by atoms with E-state index in [0.717, 1.165) is 37.6 Å². The standard InChI is InChI=1S/C16H24N6/c1-21-16(11-19-20-21)13-22(12-14-5-2-3-9-18-14)15-6-4-8-17-10-7-15/h2-3,5,9,11,15,17H,4,6-8,10,12-13H2,1H3/t15-/m0/s1. The Morgan fingerprint density at radius 3 is 3.00 bits per heavy atom. The SMILES string of the molecule is Cn1nncc1CN(Cc1ccccn1)[C@H]1CCCNCC1. The first-order valence-electron chi connectivity index (χ1n) is 8.01. The van der Waals surface area contributed by atoms with Crippen molar-refractivity contribution in [2.75, 3.05) is 13.1 Å². The topological polar surface area (TPSA) is 58.9 Å². The molecule has 1 aliphatic rings. The first-order valence-corrected chi connectivity index (χ1v) is 8.01. The smallest absolute Gasteiger partial charge is 0.0738 e. The van der Waals surface area contributed by atoms with E-state index < -0.39 is 0 Å². The highest BCUT2D eigenvalue weighted by Gasteiger charge is 2.22. The number of nitrogens with zero attached hydrogens (tertiary/aromatic N) is 5. The summed E-state index contributed by atoms with van der Waals surface area (Å²) in [5, 5.41) is 11.6. The van der Waals surface area contributed by atoms with Crippen molar-refractivity contribution in [1.29, 1.82) is 0 Å². The highest BCUT2D eigenvalue weighted by molar-refractivity contribution is 5.04. The van der Waals surface area contributed by atoms with E-state index in [1.807, 2.05) is 30.2 Å². The van der Waals surface area contributed by atoms with Gasteiger partial charge in [-0.2, -0.15) is 0 Å². The molecule has 3 rings (SSSR count). The summed E-state index contributed by atoms with van der Waals surface area (Å²) in [5.74, 6) is 0. The van der Waals surface area contributed by atoms with Gasteiger partial charge in [-0.15, -0.1) is 5.10 Å². The van der Waals surface area contributed by atoms with Gasteiger partial charge in [0.25, 0.3) is 0 Å². The van der Waals surface area contributed by atoms with Gasteiger partial charge in [0.05, 0.1) is 17.6 Å². The number of pyridine rings is 1. The molecule has 0 bridgehead atoms. The number of aromatic nitrogens is 4. The maximum atomic E-state index is 4.49.